The molecule has 4 N–H and O–H groups in total. The lowest BCUT2D eigenvalue weighted by molar-refractivity contribution is 0.425. The maximum atomic E-state index is 14.8. The molecule has 47 heavy (non-hydrogen) atoms. The van der Waals surface area contributed by atoms with Crippen LogP contribution in [-0.4, -0.2) is 47.3 Å². The molecule has 0 spiro atoms. The lowest BCUT2D eigenvalue weighted by atomic mass is 10.00. The number of benzene rings is 4. The second-order valence-corrected chi connectivity index (χ2v) is 11.8. The summed E-state index contributed by atoms with van der Waals surface area (Å²) in [5, 5.41) is 16.6. The van der Waals surface area contributed by atoms with E-state index in [1.165, 1.54) is 6.07 Å². The Bertz CT molecular complexity index is 2130. The summed E-state index contributed by atoms with van der Waals surface area (Å²) in [6, 6.07) is 29.6. The van der Waals surface area contributed by atoms with Gasteiger partial charge in [-0.3, -0.25) is 5.10 Å². The summed E-state index contributed by atoms with van der Waals surface area (Å²) < 4.78 is 14.8. The molecule has 0 fully saturated rings. The van der Waals surface area contributed by atoms with Gasteiger partial charge in [0.25, 0.3) is 0 Å². The molecule has 0 bridgehead atoms. The zero-order valence-corrected chi connectivity index (χ0v) is 27.0. The topological polar surface area (TPSA) is 71.8 Å². The minimum atomic E-state index is -0.276. The van der Waals surface area contributed by atoms with Crippen molar-refractivity contribution >= 4 is 38.8 Å². The molecular formula is C40H39FN6. The number of fused-ring (bicyclic) bond motifs is 2. The molecule has 0 saturated carbocycles. The van der Waals surface area contributed by atoms with Gasteiger partial charge in [-0.1, -0.05) is 67.8 Å². The number of halogens is 1. The van der Waals surface area contributed by atoms with Crippen LogP contribution in [0.5, 0.6) is 0 Å². The number of rotatable bonds is 12. The molecular weight excluding hydrogens is 583 g/mol. The van der Waals surface area contributed by atoms with Crippen LogP contribution in [0.1, 0.15) is 18.1 Å². The van der Waals surface area contributed by atoms with Gasteiger partial charge in [-0.2, -0.15) is 5.10 Å². The molecule has 2 heterocycles. The number of aromatic nitrogens is 3. The highest BCUT2D eigenvalue weighted by atomic mass is 19.1. The molecule has 236 valence electrons. The Balaban J connectivity index is 1.33. The highest BCUT2D eigenvalue weighted by Gasteiger charge is 2.15. The van der Waals surface area contributed by atoms with Gasteiger partial charge in [-0.05, 0) is 103 Å². The molecule has 4 aromatic carbocycles. The van der Waals surface area contributed by atoms with Gasteiger partial charge in [-0.25, -0.2) is 4.39 Å². The van der Waals surface area contributed by atoms with Crippen molar-refractivity contribution in [2.75, 3.05) is 32.5 Å². The van der Waals surface area contributed by atoms with Gasteiger partial charge in [0.1, 0.15) is 11.5 Å². The Morgan fingerprint density at radius 1 is 0.915 bits per heavy atom. The normalized spacial score (nSPS) is 12.2. The third-order valence-corrected chi connectivity index (χ3v) is 8.17. The van der Waals surface area contributed by atoms with E-state index in [1.54, 1.807) is 12.1 Å². The van der Waals surface area contributed by atoms with Crippen LogP contribution in [0.25, 0.3) is 55.6 Å². The second kappa shape index (κ2) is 13.8. The van der Waals surface area contributed by atoms with Gasteiger partial charge in [0.2, 0.25) is 0 Å². The minimum absolute atomic E-state index is 0.276. The molecule has 0 radical (unpaired) electrons. The summed E-state index contributed by atoms with van der Waals surface area (Å²) in [5.74, 6) is -0.276. The fourth-order valence-corrected chi connectivity index (χ4v) is 5.74. The number of aromatic amines is 2. The van der Waals surface area contributed by atoms with Crippen LogP contribution in [-0.2, 0) is 0 Å². The zero-order valence-electron chi connectivity index (χ0n) is 27.0. The minimum Gasteiger partial charge on any atom is -0.384 e. The predicted octanol–water partition coefficient (Wildman–Crippen LogP) is 9.22. The largest absolute Gasteiger partial charge is 0.384 e. The van der Waals surface area contributed by atoms with Crippen molar-refractivity contribution in [3.63, 3.8) is 0 Å². The van der Waals surface area contributed by atoms with Gasteiger partial charge in [0.15, 0.2) is 0 Å². The van der Waals surface area contributed by atoms with Crippen LogP contribution < -0.4 is 10.6 Å². The third-order valence-electron chi connectivity index (χ3n) is 8.17. The molecule has 0 aliphatic rings. The van der Waals surface area contributed by atoms with Crippen molar-refractivity contribution in [2.45, 2.75) is 6.92 Å². The number of likely N-dealkylation sites (N-methyl/N-ethyl adjacent to an activating group) is 1. The van der Waals surface area contributed by atoms with Gasteiger partial charge >= 0.3 is 0 Å². The summed E-state index contributed by atoms with van der Waals surface area (Å²) in [6.07, 6.45) is 5.94. The first-order chi connectivity index (χ1) is 22.8. The Hall–Kier alpha value is -5.66. The Kier molecular flexibility index (Phi) is 9.18. The first-order valence-corrected chi connectivity index (χ1v) is 15.6. The summed E-state index contributed by atoms with van der Waals surface area (Å²) in [5.41, 5.74) is 10.8. The van der Waals surface area contributed by atoms with E-state index in [2.05, 4.69) is 69.1 Å². The molecule has 0 amide bonds. The van der Waals surface area contributed by atoms with Crippen LogP contribution >= 0.6 is 0 Å². The summed E-state index contributed by atoms with van der Waals surface area (Å²) >= 11 is 0. The predicted molar refractivity (Wildman–Crippen MR) is 196 cm³/mol. The van der Waals surface area contributed by atoms with E-state index in [-0.39, 0.29) is 5.82 Å². The first-order valence-electron chi connectivity index (χ1n) is 15.6. The van der Waals surface area contributed by atoms with Crippen molar-refractivity contribution < 1.29 is 4.39 Å². The molecule has 6 aromatic rings. The maximum Gasteiger partial charge on any atom is 0.125 e. The quantitative estimate of drug-likeness (QED) is 0.103. The molecule has 0 atom stereocenters. The Labute approximate surface area is 275 Å². The average molecular weight is 623 g/mol. The number of allylic oxidation sites excluding steroid dienone is 4. The molecule has 6 nitrogen and oxygen atoms in total. The summed E-state index contributed by atoms with van der Waals surface area (Å²) in [4.78, 5) is 5.65. The van der Waals surface area contributed by atoms with Crippen molar-refractivity contribution in [3.05, 3.63) is 145 Å². The second-order valence-electron chi connectivity index (χ2n) is 11.8. The molecule has 0 aliphatic heterocycles. The lowest BCUT2D eigenvalue weighted by Crippen LogP contribution is -2.20. The van der Waals surface area contributed by atoms with E-state index in [4.69, 9.17) is 5.10 Å². The number of nitrogens with zero attached hydrogens (tertiary/aromatic N) is 2. The molecule has 0 aliphatic carbocycles. The first kappa shape index (κ1) is 31.3. The monoisotopic (exact) mass is 622 g/mol. The van der Waals surface area contributed by atoms with Crippen molar-refractivity contribution in [1.29, 1.82) is 0 Å². The zero-order chi connectivity index (χ0) is 32.9. The highest BCUT2D eigenvalue weighted by Crippen LogP contribution is 2.36. The fourth-order valence-electron chi connectivity index (χ4n) is 5.74. The van der Waals surface area contributed by atoms with Gasteiger partial charge < -0.3 is 20.5 Å². The van der Waals surface area contributed by atoms with Crippen LogP contribution in [0.15, 0.2) is 128 Å². The van der Waals surface area contributed by atoms with E-state index in [9.17, 15) is 4.39 Å². The van der Waals surface area contributed by atoms with E-state index in [1.807, 2.05) is 81.7 Å². The Morgan fingerprint density at radius 3 is 2.51 bits per heavy atom. The molecule has 7 heteroatoms. The third kappa shape index (κ3) is 6.95. The van der Waals surface area contributed by atoms with Crippen LogP contribution in [0.3, 0.4) is 0 Å². The summed E-state index contributed by atoms with van der Waals surface area (Å²) in [7, 11) is 4.04. The van der Waals surface area contributed by atoms with Crippen molar-refractivity contribution in [3.8, 4) is 22.5 Å². The smallest absolute Gasteiger partial charge is 0.125 e. The van der Waals surface area contributed by atoms with E-state index in [0.717, 1.165) is 91.2 Å². The van der Waals surface area contributed by atoms with E-state index < -0.39 is 0 Å². The van der Waals surface area contributed by atoms with Crippen molar-refractivity contribution in [1.82, 2.24) is 25.4 Å². The van der Waals surface area contributed by atoms with Gasteiger partial charge in [0, 0.05) is 46.5 Å². The van der Waals surface area contributed by atoms with Crippen molar-refractivity contribution in [2.24, 2.45) is 0 Å². The van der Waals surface area contributed by atoms with Crippen LogP contribution in [0.2, 0.25) is 0 Å². The van der Waals surface area contributed by atoms with E-state index in [0.29, 0.717) is 0 Å². The molecule has 2 aromatic heterocycles. The number of hydrogen-bond acceptors (Lipinski definition) is 4. The highest BCUT2D eigenvalue weighted by molar-refractivity contribution is 6.02. The molecule has 0 saturated heterocycles. The van der Waals surface area contributed by atoms with Crippen LogP contribution in [0.4, 0.5) is 10.1 Å². The molecule has 0 unspecified atom stereocenters. The van der Waals surface area contributed by atoms with Gasteiger partial charge in [-0.15, -0.1) is 0 Å². The number of nitrogens with one attached hydrogen (secondary N) is 4. The fraction of sp³-hybridized carbons (Fsp3) is 0.125. The lowest BCUT2D eigenvalue weighted by Gasteiger charge is -2.13. The standard InChI is InChI=1S/C40H39FN6/c1-6-27(21-32(7-2)43-26(3)28-12-9-8-10-13-28)29-16-17-38-36(23-29)40(46-45-38)39-25-35-34(14-11-15-37(35)44-39)30-20-31(41)24-33(22-30)42-18-19-47(4)5/h6-17,20-25,42-44H,2-3,18-19H2,1,4-5H3,(H,45,46)/b27-6+,32-21+. The Morgan fingerprint density at radius 2 is 1.74 bits per heavy atom. The number of hydrogen-bond donors (Lipinski definition) is 4. The van der Waals surface area contributed by atoms with E-state index >= 15 is 0 Å². The number of anilines is 1. The average Bonchev–Trinajstić information content (AvgIpc) is 3.70. The van der Waals surface area contributed by atoms with Crippen LogP contribution in [0, 0.1) is 5.82 Å². The molecule has 6 rings (SSSR count). The SMILES string of the molecule is C=C/C(=C\C(=C/C)c1ccc2[nH]nc(-c3cc4c(-c5cc(F)cc(NCCN(C)C)c5)cccc4[nH]3)c2c1)NC(=C)c1ccccc1. The van der Waals surface area contributed by atoms with Gasteiger partial charge in [0.05, 0.1) is 11.2 Å². The summed E-state index contributed by atoms with van der Waals surface area (Å²) in [6.45, 7) is 11.8. The number of H-pyrrole nitrogens is 2. The maximum absolute atomic E-state index is 14.8.